The van der Waals surface area contributed by atoms with Crippen molar-refractivity contribution in [3.8, 4) is 6.07 Å². The topological polar surface area (TPSA) is 62.1 Å². The molecule has 1 aromatic carbocycles. The Morgan fingerprint density at radius 2 is 2.05 bits per heavy atom. The molecule has 4 nitrogen and oxygen atoms in total. The van der Waals surface area contributed by atoms with Crippen LogP contribution in [0.5, 0.6) is 0 Å². The molecule has 1 aromatic rings. The molecule has 1 saturated carbocycles. The van der Waals surface area contributed by atoms with Crippen molar-refractivity contribution >= 4 is 5.91 Å². The minimum atomic E-state index is -0.125. The number of rotatable bonds is 5. The predicted molar refractivity (Wildman–Crippen MR) is 80.9 cm³/mol. The van der Waals surface area contributed by atoms with Crippen molar-refractivity contribution in [1.82, 2.24) is 5.32 Å². The van der Waals surface area contributed by atoms with E-state index in [0.29, 0.717) is 36.3 Å². The molecular formula is C17H22N2O2. The van der Waals surface area contributed by atoms with Gasteiger partial charge in [-0.25, -0.2) is 0 Å². The van der Waals surface area contributed by atoms with Gasteiger partial charge in [0.2, 0.25) is 0 Å². The van der Waals surface area contributed by atoms with E-state index in [1.807, 2.05) is 6.07 Å². The maximum atomic E-state index is 11.9. The van der Waals surface area contributed by atoms with Gasteiger partial charge in [-0.1, -0.05) is 19.8 Å². The number of ether oxygens (including phenoxy) is 1. The summed E-state index contributed by atoms with van der Waals surface area (Å²) >= 11 is 0. The number of carbonyl (C=O) groups excluding carboxylic acids is 1. The molecule has 1 aliphatic carbocycles. The van der Waals surface area contributed by atoms with Gasteiger partial charge in [-0.15, -0.1) is 0 Å². The number of hydrogen-bond donors (Lipinski definition) is 1. The van der Waals surface area contributed by atoms with Gasteiger partial charge in [-0.05, 0) is 43.0 Å². The summed E-state index contributed by atoms with van der Waals surface area (Å²) in [6.45, 7) is 3.30. The second-order valence-corrected chi connectivity index (χ2v) is 5.62. The van der Waals surface area contributed by atoms with Gasteiger partial charge in [-0.3, -0.25) is 4.79 Å². The summed E-state index contributed by atoms with van der Waals surface area (Å²) in [6.07, 6.45) is 5.25. The van der Waals surface area contributed by atoms with Crippen LogP contribution < -0.4 is 5.32 Å². The van der Waals surface area contributed by atoms with Gasteiger partial charge < -0.3 is 10.1 Å². The summed E-state index contributed by atoms with van der Waals surface area (Å²) in [5.74, 6) is 0.493. The molecular weight excluding hydrogens is 264 g/mol. The maximum Gasteiger partial charge on any atom is 0.251 e. The van der Waals surface area contributed by atoms with Crippen LogP contribution in [0.3, 0.4) is 0 Å². The first-order chi connectivity index (χ1) is 10.2. The highest BCUT2D eigenvalue weighted by molar-refractivity contribution is 5.94. The van der Waals surface area contributed by atoms with Crippen LogP contribution in [-0.4, -0.2) is 25.2 Å². The van der Waals surface area contributed by atoms with E-state index in [9.17, 15) is 4.79 Å². The molecule has 0 unspecified atom stereocenters. The molecule has 0 bridgehead atoms. The SMILES string of the molecule is C[C@H]1CCCC[C@@H]1OCCNC(=O)c1ccc(C#N)cc1. The molecule has 1 amide bonds. The Kier molecular flexibility index (Phi) is 5.77. The lowest BCUT2D eigenvalue weighted by Gasteiger charge is -2.28. The minimum Gasteiger partial charge on any atom is -0.376 e. The Morgan fingerprint density at radius 3 is 2.71 bits per heavy atom. The second-order valence-electron chi connectivity index (χ2n) is 5.62. The van der Waals surface area contributed by atoms with Crippen molar-refractivity contribution in [2.24, 2.45) is 5.92 Å². The summed E-state index contributed by atoms with van der Waals surface area (Å²) in [5, 5.41) is 11.6. The van der Waals surface area contributed by atoms with E-state index >= 15 is 0 Å². The number of benzene rings is 1. The van der Waals surface area contributed by atoms with Crippen molar-refractivity contribution in [3.63, 3.8) is 0 Å². The lowest BCUT2D eigenvalue weighted by atomic mass is 9.88. The lowest BCUT2D eigenvalue weighted by Crippen LogP contribution is -2.31. The fourth-order valence-electron chi connectivity index (χ4n) is 2.70. The molecule has 2 rings (SSSR count). The van der Waals surface area contributed by atoms with Gasteiger partial charge in [0.25, 0.3) is 5.91 Å². The Bertz CT molecular complexity index is 505. The van der Waals surface area contributed by atoms with E-state index < -0.39 is 0 Å². The number of nitrogens with one attached hydrogen (secondary N) is 1. The van der Waals surface area contributed by atoms with Crippen LogP contribution in [0.2, 0.25) is 0 Å². The summed E-state index contributed by atoms with van der Waals surface area (Å²) in [7, 11) is 0. The van der Waals surface area contributed by atoms with E-state index in [0.717, 1.165) is 6.42 Å². The first kappa shape index (κ1) is 15.5. The van der Waals surface area contributed by atoms with Gasteiger partial charge in [0.05, 0.1) is 24.3 Å². The number of hydrogen-bond acceptors (Lipinski definition) is 3. The zero-order chi connectivity index (χ0) is 15.1. The van der Waals surface area contributed by atoms with Crippen LogP contribution in [0.25, 0.3) is 0 Å². The summed E-state index contributed by atoms with van der Waals surface area (Å²) < 4.78 is 5.86. The molecule has 0 spiro atoms. The highest BCUT2D eigenvalue weighted by Gasteiger charge is 2.21. The minimum absolute atomic E-state index is 0.125. The van der Waals surface area contributed by atoms with Crippen molar-refractivity contribution in [2.75, 3.05) is 13.2 Å². The quantitative estimate of drug-likeness (QED) is 0.847. The van der Waals surface area contributed by atoms with E-state index in [-0.39, 0.29) is 5.91 Å². The Labute approximate surface area is 126 Å². The highest BCUT2D eigenvalue weighted by atomic mass is 16.5. The molecule has 1 N–H and O–H groups in total. The predicted octanol–water partition coefficient (Wildman–Crippen LogP) is 2.88. The molecule has 1 fully saturated rings. The molecule has 4 heteroatoms. The fourth-order valence-corrected chi connectivity index (χ4v) is 2.70. The largest absolute Gasteiger partial charge is 0.376 e. The average Bonchev–Trinajstić information content (AvgIpc) is 2.53. The Morgan fingerprint density at radius 1 is 1.33 bits per heavy atom. The highest BCUT2D eigenvalue weighted by Crippen LogP contribution is 2.25. The average molecular weight is 286 g/mol. The van der Waals surface area contributed by atoms with Gasteiger partial charge in [0.15, 0.2) is 0 Å². The Balaban J connectivity index is 1.70. The monoisotopic (exact) mass is 286 g/mol. The number of nitrogens with zero attached hydrogens (tertiary/aromatic N) is 1. The molecule has 0 radical (unpaired) electrons. The summed E-state index contributed by atoms with van der Waals surface area (Å²) in [5.41, 5.74) is 1.13. The smallest absolute Gasteiger partial charge is 0.251 e. The third kappa shape index (κ3) is 4.57. The van der Waals surface area contributed by atoms with Crippen molar-refractivity contribution in [1.29, 1.82) is 5.26 Å². The fraction of sp³-hybridized carbons (Fsp3) is 0.529. The van der Waals surface area contributed by atoms with E-state index in [1.54, 1.807) is 24.3 Å². The van der Waals surface area contributed by atoms with Gasteiger partial charge in [0.1, 0.15) is 0 Å². The van der Waals surface area contributed by atoms with Crippen LogP contribution >= 0.6 is 0 Å². The molecule has 2 atom stereocenters. The van der Waals surface area contributed by atoms with Gasteiger partial charge in [0, 0.05) is 12.1 Å². The van der Waals surface area contributed by atoms with Gasteiger partial charge >= 0.3 is 0 Å². The molecule has 1 aliphatic rings. The van der Waals surface area contributed by atoms with Crippen LogP contribution in [0.15, 0.2) is 24.3 Å². The molecule has 21 heavy (non-hydrogen) atoms. The first-order valence-corrected chi connectivity index (χ1v) is 7.60. The summed E-state index contributed by atoms with van der Waals surface area (Å²) in [4.78, 5) is 11.9. The standard InChI is InChI=1S/C17H22N2O2/c1-13-4-2-3-5-16(13)21-11-10-19-17(20)15-8-6-14(12-18)7-9-15/h6-9,13,16H,2-5,10-11H2,1H3,(H,19,20)/t13-,16-/m0/s1. The molecule has 0 heterocycles. The van der Waals surface area contributed by atoms with Crippen molar-refractivity contribution in [3.05, 3.63) is 35.4 Å². The zero-order valence-electron chi connectivity index (χ0n) is 12.5. The number of carbonyl (C=O) groups is 1. The van der Waals surface area contributed by atoms with E-state index in [1.165, 1.54) is 19.3 Å². The second kappa shape index (κ2) is 7.80. The van der Waals surface area contributed by atoms with Crippen molar-refractivity contribution < 1.29 is 9.53 Å². The van der Waals surface area contributed by atoms with E-state index in [2.05, 4.69) is 12.2 Å². The zero-order valence-corrected chi connectivity index (χ0v) is 12.5. The normalized spacial score (nSPS) is 21.5. The molecule has 112 valence electrons. The molecule has 0 aromatic heterocycles. The van der Waals surface area contributed by atoms with Crippen LogP contribution in [0.4, 0.5) is 0 Å². The summed E-state index contributed by atoms with van der Waals surface area (Å²) in [6, 6.07) is 8.66. The first-order valence-electron chi connectivity index (χ1n) is 7.60. The molecule has 0 aliphatic heterocycles. The van der Waals surface area contributed by atoms with Gasteiger partial charge in [-0.2, -0.15) is 5.26 Å². The van der Waals surface area contributed by atoms with Crippen LogP contribution in [-0.2, 0) is 4.74 Å². The molecule has 0 saturated heterocycles. The number of nitriles is 1. The van der Waals surface area contributed by atoms with Crippen molar-refractivity contribution in [2.45, 2.75) is 38.7 Å². The Hall–Kier alpha value is -1.86. The number of amides is 1. The van der Waals surface area contributed by atoms with Crippen LogP contribution in [0.1, 0.15) is 48.5 Å². The lowest BCUT2D eigenvalue weighted by molar-refractivity contribution is -0.00293. The third-order valence-corrected chi connectivity index (χ3v) is 4.03. The maximum absolute atomic E-state index is 11.9. The van der Waals surface area contributed by atoms with Crippen LogP contribution in [0, 0.1) is 17.2 Å². The van der Waals surface area contributed by atoms with E-state index in [4.69, 9.17) is 10.00 Å². The third-order valence-electron chi connectivity index (χ3n) is 4.03.